The van der Waals surface area contributed by atoms with Gasteiger partial charge in [0.2, 0.25) is 0 Å². The van der Waals surface area contributed by atoms with E-state index in [1.165, 1.54) is 56.3 Å². The van der Waals surface area contributed by atoms with Gasteiger partial charge in [-0.05, 0) is 49.9 Å². The second kappa shape index (κ2) is 6.07. The summed E-state index contributed by atoms with van der Waals surface area (Å²) in [5.41, 5.74) is 2.89. The van der Waals surface area contributed by atoms with E-state index >= 15 is 0 Å². The van der Waals surface area contributed by atoms with Gasteiger partial charge >= 0.3 is 0 Å². The number of likely N-dealkylation sites (tertiary alicyclic amines) is 1. The van der Waals surface area contributed by atoms with Gasteiger partial charge in [0.15, 0.2) is 0 Å². The molecule has 3 aliphatic rings. The molecular weight excluding hydrogens is 260 g/mol. The second-order valence-corrected chi connectivity index (χ2v) is 6.73. The number of rotatable bonds is 2. The van der Waals surface area contributed by atoms with Gasteiger partial charge in [-0.2, -0.15) is 0 Å². The van der Waals surface area contributed by atoms with Crippen molar-refractivity contribution in [3.63, 3.8) is 0 Å². The Morgan fingerprint density at radius 3 is 2.95 bits per heavy atom. The van der Waals surface area contributed by atoms with Crippen molar-refractivity contribution in [3.8, 4) is 0 Å². The van der Waals surface area contributed by atoms with Gasteiger partial charge in [0.05, 0.1) is 19.3 Å². The average molecular weight is 286 g/mol. The monoisotopic (exact) mass is 286 g/mol. The molecule has 1 aromatic rings. The maximum Gasteiger partial charge on any atom is 0.0721 e. The van der Waals surface area contributed by atoms with Crippen molar-refractivity contribution >= 4 is 0 Å². The first-order valence-electron chi connectivity index (χ1n) is 8.58. The molecule has 0 bridgehead atoms. The molecule has 2 saturated heterocycles. The molecule has 1 aromatic carbocycles. The summed E-state index contributed by atoms with van der Waals surface area (Å²) in [6.07, 6.45) is 6.75. The zero-order valence-electron chi connectivity index (χ0n) is 12.8. The standard InChI is InChI=1S/C18H26N2O/c1-2-7-15-14(6-1)12-21-13-18(15)20-11-4-3-9-17(20)16-8-5-10-19-16/h1-2,6-7,16-19H,3-5,8-13H2. The summed E-state index contributed by atoms with van der Waals surface area (Å²) in [6.45, 7) is 4.07. The van der Waals surface area contributed by atoms with Gasteiger partial charge in [-0.3, -0.25) is 4.90 Å². The number of benzene rings is 1. The number of hydrogen-bond acceptors (Lipinski definition) is 3. The van der Waals surface area contributed by atoms with Gasteiger partial charge in [-0.25, -0.2) is 0 Å². The predicted molar refractivity (Wildman–Crippen MR) is 84.2 cm³/mol. The summed E-state index contributed by atoms with van der Waals surface area (Å²) in [5, 5.41) is 3.74. The van der Waals surface area contributed by atoms with Crippen LogP contribution in [0.1, 0.15) is 49.3 Å². The Labute approximate surface area is 127 Å². The summed E-state index contributed by atoms with van der Waals surface area (Å²) < 4.78 is 5.91. The fourth-order valence-electron chi connectivity index (χ4n) is 4.47. The first kappa shape index (κ1) is 13.7. The van der Waals surface area contributed by atoms with E-state index in [1.807, 2.05) is 0 Å². The van der Waals surface area contributed by atoms with Crippen molar-refractivity contribution in [2.45, 2.75) is 56.8 Å². The highest BCUT2D eigenvalue weighted by Gasteiger charge is 2.37. The maximum absolute atomic E-state index is 5.91. The lowest BCUT2D eigenvalue weighted by Crippen LogP contribution is -2.52. The first-order chi connectivity index (χ1) is 10.4. The van der Waals surface area contributed by atoms with Crippen LogP contribution in [-0.4, -0.2) is 36.7 Å². The summed E-state index contributed by atoms with van der Waals surface area (Å²) >= 11 is 0. The van der Waals surface area contributed by atoms with Crippen molar-refractivity contribution < 1.29 is 4.74 Å². The Bertz CT molecular complexity index is 484. The SMILES string of the molecule is c1ccc2c(c1)COCC2N1CCCCC1C1CCCN1. The van der Waals surface area contributed by atoms with Crippen LogP contribution in [0.3, 0.4) is 0 Å². The van der Waals surface area contributed by atoms with Gasteiger partial charge in [0.25, 0.3) is 0 Å². The number of ether oxygens (including phenoxy) is 1. The van der Waals surface area contributed by atoms with Crippen molar-refractivity contribution in [1.29, 1.82) is 0 Å². The van der Waals surface area contributed by atoms with E-state index in [0.29, 0.717) is 18.1 Å². The van der Waals surface area contributed by atoms with Crippen LogP contribution in [0.25, 0.3) is 0 Å². The molecule has 3 atom stereocenters. The fourth-order valence-corrected chi connectivity index (χ4v) is 4.47. The van der Waals surface area contributed by atoms with Crippen molar-refractivity contribution in [3.05, 3.63) is 35.4 Å². The number of piperidine rings is 1. The summed E-state index contributed by atoms with van der Waals surface area (Å²) in [7, 11) is 0. The Morgan fingerprint density at radius 2 is 2.05 bits per heavy atom. The number of fused-ring (bicyclic) bond motifs is 1. The molecule has 1 N–H and O–H groups in total. The molecule has 21 heavy (non-hydrogen) atoms. The van der Waals surface area contributed by atoms with Gasteiger partial charge in [-0.1, -0.05) is 30.7 Å². The van der Waals surface area contributed by atoms with E-state index in [-0.39, 0.29) is 0 Å². The van der Waals surface area contributed by atoms with E-state index in [2.05, 4.69) is 34.5 Å². The van der Waals surface area contributed by atoms with Crippen LogP contribution in [-0.2, 0) is 11.3 Å². The minimum Gasteiger partial charge on any atom is -0.375 e. The van der Waals surface area contributed by atoms with Crippen LogP contribution in [0.15, 0.2) is 24.3 Å². The third kappa shape index (κ3) is 2.63. The van der Waals surface area contributed by atoms with Gasteiger partial charge < -0.3 is 10.1 Å². The summed E-state index contributed by atoms with van der Waals surface area (Å²) in [4.78, 5) is 2.75. The minimum absolute atomic E-state index is 0.461. The minimum atomic E-state index is 0.461. The molecule has 0 radical (unpaired) electrons. The number of hydrogen-bond donors (Lipinski definition) is 1. The predicted octanol–water partition coefficient (Wildman–Crippen LogP) is 2.86. The molecule has 3 unspecified atom stereocenters. The highest BCUT2D eigenvalue weighted by molar-refractivity contribution is 5.31. The highest BCUT2D eigenvalue weighted by atomic mass is 16.5. The number of nitrogens with one attached hydrogen (secondary N) is 1. The van der Waals surface area contributed by atoms with E-state index < -0.39 is 0 Å². The molecule has 3 heteroatoms. The van der Waals surface area contributed by atoms with E-state index in [9.17, 15) is 0 Å². The average Bonchev–Trinajstić information content (AvgIpc) is 3.09. The molecule has 3 aliphatic heterocycles. The Morgan fingerprint density at radius 1 is 1.10 bits per heavy atom. The van der Waals surface area contributed by atoms with E-state index in [4.69, 9.17) is 4.74 Å². The molecule has 0 saturated carbocycles. The third-order valence-electron chi connectivity index (χ3n) is 5.50. The first-order valence-corrected chi connectivity index (χ1v) is 8.58. The topological polar surface area (TPSA) is 24.5 Å². The van der Waals surface area contributed by atoms with Crippen LogP contribution in [0.5, 0.6) is 0 Å². The fraction of sp³-hybridized carbons (Fsp3) is 0.667. The maximum atomic E-state index is 5.91. The summed E-state index contributed by atoms with van der Waals surface area (Å²) in [5.74, 6) is 0. The molecule has 2 fully saturated rings. The van der Waals surface area contributed by atoms with Crippen LogP contribution >= 0.6 is 0 Å². The Balaban J connectivity index is 1.61. The van der Waals surface area contributed by atoms with E-state index in [0.717, 1.165) is 13.2 Å². The van der Waals surface area contributed by atoms with E-state index in [1.54, 1.807) is 0 Å². The van der Waals surface area contributed by atoms with Crippen molar-refractivity contribution in [2.24, 2.45) is 0 Å². The number of nitrogens with zero attached hydrogens (tertiary/aromatic N) is 1. The van der Waals surface area contributed by atoms with Crippen LogP contribution in [0.4, 0.5) is 0 Å². The van der Waals surface area contributed by atoms with Gasteiger partial charge in [0, 0.05) is 12.1 Å². The zero-order valence-corrected chi connectivity index (χ0v) is 12.8. The molecule has 0 aliphatic carbocycles. The molecule has 0 amide bonds. The molecule has 3 nitrogen and oxygen atoms in total. The van der Waals surface area contributed by atoms with Gasteiger partial charge in [-0.15, -0.1) is 0 Å². The smallest absolute Gasteiger partial charge is 0.0721 e. The second-order valence-electron chi connectivity index (χ2n) is 6.73. The van der Waals surface area contributed by atoms with Gasteiger partial charge in [0.1, 0.15) is 0 Å². The Hall–Kier alpha value is -0.900. The van der Waals surface area contributed by atoms with Crippen molar-refractivity contribution in [1.82, 2.24) is 10.2 Å². The quantitative estimate of drug-likeness (QED) is 0.905. The van der Waals surface area contributed by atoms with Crippen LogP contribution in [0, 0.1) is 0 Å². The molecule has 0 aromatic heterocycles. The molecule has 4 rings (SSSR count). The van der Waals surface area contributed by atoms with Crippen molar-refractivity contribution in [2.75, 3.05) is 19.7 Å². The third-order valence-corrected chi connectivity index (χ3v) is 5.50. The summed E-state index contributed by atoms with van der Waals surface area (Å²) in [6, 6.07) is 10.7. The zero-order chi connectivity index (χ0) is 14.1. The normalized spacial score (nSPS) is 33.8. The van der Waals surface area contributed by atoms with Crippen LogP contribution in [0.2, 0.25) is 0 Å². The lowest BCUT2D eigenvalue weighted by molar-refractivity contribution is -0.00678. The Kier molecular flexibility index (Phi) is 3.97. The molecule has 114 valence electrons. The highest BCUT2D eigenvalue weighted by Crippen LogP contribution is 2.36. The lowest BCUT2D eigenvalue weighted by Gasteiger charge is -2.45. The van der Waals surface area contributed by atoms with Crippen LogP contribution < -0.4 is 5.32 Å². The largest absolute Gasteiger partial charge is 0.375 e. The lowest BCUT2D eigenvalue weighted by atomic mass is 9.89. The molecule has 0 spiro atoms. The molecular formula is C18H26N2O. The molecule has 3 heterocycles.